The smallest absolute Gasteiger partial charge is 0.227 e. The maximum Gasteiger partial charge on any atom is 0.227 e. The molecular formula is C18H24N2O3. The van der Waals surface area contributed by atoms with Crippen molar-refractivity contribution in [2.24, 2.45) is 5.92 Å². The Labute approximate surface area is 136 Å². The average molecular weight is 316 g/mol. The molecule has 0 aliphatic carbocycles. The number of aliphatic hydroxyl groups is 1. The Morgan fingerprint density at radius 3 is 2.83 bits per heavy atom. The lowest BCUT2D eigenvalue weighted by atomic mass is 9.92. The predicted molar refractivity (Wildman–Crippen MR) is 89.5 cm³/mol. The second-order valence-corrected chi connectivity index (χ2v) is 6.36. The van der Waals surface area contributed by atoms with Crippen molar-refractivity contribution in [3.8, 4) is 5.75 Å². The molecule has 1 fully saturated rings. The lowest BCUT2D eigenvalue weighted by Crippen LogP contribution is -2.41. The normalized spacial score (nSPS) is 17.4. The van der Waals surface area contributed by atoms with Gasteiger partial charge in [-0.25, -0.2) is 0 Å². The molecule has 23 heavy (non-hydrogen) atoms. The highest BCUT2D eigenvalue weighted by atomic mass is 16.5. The van der Waals surface area contributed by atoms with Gasteiger partial charge in [0.2, 0.25) is 5.91 Å². The monoisotopic (exact) mass is 316 g/mol. The zero-order chi connectivity index (χ0) is 16.4. The van der Waals surface area contributed by atoms with E-state index < -0.39 is 0 Å². The number of aromatic amines is 1. The number of likely N-dealkylation sites (tertiary alicyclic amines) is 1. The zero-order valence-electron chi connectivity index (χ0n) is 13.7. The van der Waals surface area contributed by atoms with Crippen molar-refractivity contribution in [2.45, 2.75) is 32.3 Å². The summed E-state index contributed by atoms with van der Waals surface area (Å²) in [7, 11) is 1.64. The van der Waals surface area contributed by atoms with E-state index in [0.29, 0.717) is 12.3 Å². The number of amides is 1. The maximum atomic E-state index is 12.6. The number of rotatable bonds is 4. The van der Waals surface area contributed by atoms with Crippen molar-refractivity contribution in [1.29, 1.82) is 0 Å². The van der Waals surface area contributed by atoms with Gasteiger partial charge in [-0.3, -0.25) is 4.79 Å². The molecule has 0 radical (unpaired) electrons. The minimum absolute atomic E-state index is 0.151. The highest BCUT2D eigenvalue weighted by Crippen LogP contribution is 2.25. The Morgan fingerprint density at radius 2 is 2.17 bits per heavy atom. The third kappa shape index (κ3) is 3.34. The number of nitrogens with zero attached hydrogens (tertiary/aromatic N) is 1. The van der Waals surface area contributed by atoms with Crippen LogP contribution < -0.4 is 4.74 Å². The fourth-order valence-corrected chi connectivity index (χ4v) is 3.34. The van der Waals surface area contributed by atoms with E-state index in [1.54, 1.807) is 7.11 Å². The molecule has 1 aliphatic heterocycles. The summed E-state index contributed by atoms with van der Waals surface area (Å²) >= 11 is 0. The third-order valence-electron chi connectivity index (χ3n) is 4.89. The number of methoxy groups -OCH3 is 1. The van der Waals surface area contributed by atoms with E-state index in [4.69, 9.17) is 4.74 Å². The van der Waals surface area contributed by atoms with Crippen LogP contribution in [0.25, 0.3) is 10.9 Å². The summed E-state index contributed by atoms with van der Waals surface area (Å²) in [6.07, 6.45) is 3.78. The standard InChI is InChI=1S/C18H24N2O3/c1-12(21)13-5-7-20(8-6-13)18(22)9-14-11-19-17-4-3-15(23-2)10-16(14)17/h3-4,10-13,19,21H,5-9H2,1-2H3. The number of aliphatic hydroxyl groups excluding tert-OH is 1. The summed E-state index contributed by atoms with van der Waals surface area (Å²) in [4.78, 5) is 17.7. The van der Waals surface area contributed by atoms with E-state index in [9.17, 15) is 9.90 Å². The Kier molecular flexibility index (Phi) is 4.57. The molecule has 2 N–H and O–H groups in total. The number of carbonyl (C=O) groups is 1. The SMILES string of the molecule is COc1ccc2[nH]cc(CC(=O)N3CCC(C(C)O)CC3)c2c1. The lowest BCUT2D eigenvalue weighted by molar-refractivity contribution is -0.132. The molecule has 0 spiro atoms. The van der Waals surface area contributed by atoms with Crippen LogP contribution in [0.1, 0.15) is 25.3 Å². The van der Waals surface area contributed by atoms with Gasteiger partial charge in [-0.1, -0.05) is 0 Å². The molecule has 0 saturated carbocycles. The largest absolute Gasteiger partial charge is 0.497 e. The van der Waals surface area contributed by atoms with E-state index in [2.05, 4.69) is 4.98 Å². The molecule has 124 valence electrons. The second-order valence-electron chi connectivity index (χ2n) is 6.36. The van der Waals surface area contributed by atoms with Crippen LogP contribution in [0.4, 0.5) is 0 Å². The van der Waals surface area contributed by atoms with Gasteiger partial charge in [0.05, 0.1) is 19.6 Å². The number of hydrogen-bond donors (Lipinski definition) is 2. The number of H-pyrrole nitrogens is 1. The number of benzene rings is 1. The summed E-state index contributed by atoms with van der Waals surface area (Å²) in [6.45, 7) is 3.31. The van der Waals surface area contributed by atoms with Crippen molar-refractivity contribution >= 4 is 16.8 Å². The molecule has 5 nitrogen and oxygen atoms in total. The van der Waals surface area contributed by atoms with Crippen molar-refractivity contribution in [3.63, 3.8) is 0 Å². The van der Waals surface area contributed by atoms with Gasteiger partial charge < -0.3 is 19.7 Å². The van der Waals surface area contributed by atoms with Gasteiger partial charge in [-0.2, -0.15) is 0 Å². The van der Waals surface area contributed by atoms with E-state index >= 15 is 0 Å². The number of aromatic nitrogens is 1. The Hall–Kier alpha value is -2.01. The maximum absolute atomic E-state index is 12.6. The van der Waals surface area contributed by atoms with E-state index in [0.717, 1.165) is 48.1 Å². The first-order valence-corrected chi connectivity index (χ1v) is 8.18. The van der Waals surface area contributed by atoms with Crippen LogP contribution in [-0.4, -0.2) is 47.2 Å². The van der Waals surface area contributed by atoms with Gasteiger partial charge >= 0.3 is 0 Å². The molecule has 1 aromatic carbocycles. The van der Waals surface area contributed by atoms with Gasteiger partial charge in [0.1, 0.15) is 5.75 Å². The van der Waals surface area contributed by atoms with Crippen LogP contribution in [0.5, 0.6) is 5.75 Å². The van der Waals surface area contributed by atoms with Crippen molar-refractivity contribution in [3.05, 3.63) is 30.0 Å². The summed E-state index contributed by atoms with van der Waals surface area (Å²) in [5.41, 5.74) is 2.02. The number of fused-ring (bicyclic) bond motifs is 1. The molecule has 3 rings (SSSR count). The minimum atomic E-state index is -0.284. The molecule has 1 saturated heterocycles. The van der Waals surface area contributed by atoms with Gasteiger partial charge in [0.15, 0.2) is 0 Å². The van der Waals surface area contributed by atoms with Gasteiger partial charge in [-0.05, 0) is 49.4 Å². The first-order valence-electron chi connectivity index (χ1n) is 8.18. The topological polar surface area (TPSA) is 65.6 Å². The first-order chi connectivity index (χ1) is 11.1. The van der Waals surface area contributed by atoms with Crippen LogP contribution in [0.3, 0.4) is 0 Å². The Balaban J connectivity index is 1.69. The Morgan fingerprint density at radius 1 is 1.43 bits per heavy atom. The Bertz CT molecular complexity index is 685. The second kappa shape index (κ2) is 6.62. The van der Waals surface area contributed by atoms with Gasteiger partial charge in [0, 0.05) is 30.2 Å². The van der Waals surface area contributed by atoms with Crippen LogP contribution in [0.2, 0.25) is 0 Å². The molecule has 2 aromatic rings. The van der Waals surface area contributed by atoms with Crippen molar-refractivity contribution in [2.75, 3.05) is 20.2 Å². The quantitative estimate of drug-likeness (QED) is 0.910. The van der Waals surface area contributed by atoms with Crippen LogP contribution in [-0.2, 0) is 11.2 Å². The number of ether oxygens (including phenoxy) is 1. The summed E-state index contributed by atoms with van der Waals surface area (Å²) < 4.78 is 5.27. The van der Waals surface area contributed by atoms with Crippen LogP contribution in [0.15, 0.2) is 24.4 Å². The number of hydrogen-bond acceptors (Lipinski definition) is 3. The highest BCUT2D eigenvalue weighted by molar-refractivity contribution is 5.89. The predicted octanol–water partition coefficient (Wildman–Crippen LogP) is 2.34. The lowest BCUT2D eigenvalue weighted by Gasteiger charge is -2.33. The summed E-state index contributed by atoms with van der Waals surface area (Å²) in [5, 5.41) is 10.7. The van der Waals surface area contributed by atoms with Crippen LogP contribution in [0, 0.1) is 5.92 Å². The number of carbonyl (C=O) groups excluding carboxylic acids is 1. The zero-order valence-corrected chi connectivity index (χ0v) is 13.7. The molecule has 1 aromatic heterocycles. The molecule has 1 aliphatic rings. The van der Waals surface area contributed by atoms with Gasteiger partial charge in [0.25, 0.3) is 0 Å². The fourth-order valence-electron chi connectivity index (χ4n) is 3.34. The van der Waals surface area contributed by atoms with E-state index in [1.165, 1.54) is 0 Å². The fraction of sp³-hybridized carbons (Fsp3) is 0.500. The van der Waals surface area contributed by atoms with E-state index in [1.807, 2.05) is 36.2 Å². The molecular weight excluding hydrogens is 292 g/mol. The van der Waals surface area contributed by atoms with E-state index in [-0.39, 0.29) is 12.0 Å². The van der Waals surface area contributed by atoms with Crippen molar-refractivity contribution < 1.29 is 14.6 Å². The van der Waals surface area contributed by atoms with Crippen molar-refractivity contribution in [1.82, 2.24) is 9.88 Å². The van der Waals surface area contributed by atoms with Crippen LogP contribution >= 0.6 is 0 Å². The molecule has 0 bridgehead atoms. The summed E-state index contributed by atoms with van der Waals surface area (Å²) in [6, 6.07) is 5.84. The molecule has 1 unspecified atom stereocenters. The third-order valence-corrected chi connectivity index (χ3v) is 4.89. The highest BCUT2D eigenvalue weighted by Gasteiger charge is 2.25. The molecule has 1 atom stereocenters. The summed E-state index contributed by atoms with van der Waals surface area (Å²) in [5.74, 6) is 1.26. The molecule has 2 heterocycles. The van der Waals surface area contributed by atoms with Gasteiger partial charge in [-0.15, -0.1) is 0 Å². The number of piperidine rings is 1. The average Bonchev–Trinajstić information content (AvgIpc) is 2.97. The molecule has 1 amide bonds. The first kappa shape index (κ1) is 15.9. The number of nitrogens with one attached hydrogen (secondary N) is 1. The molecule has 5 heteroatoms. The minimum Gasteiger partial charge on any atom is -0.497 e.